The SMILES string of the molecule is CN(C(=O)OC(C)(C)C)C(Cc1ccc(O)cc1)C(=O)N1CCN(Cc2ccc(F)cc2)CC1. The molecule has 0 saturated carbocycles. The van der Waals surface area contributed by atoms with Crippen LogP contribution in [0.4, 0.5) is 9.18 Å². The number of halogens is 1. The van der Waals surface area contributed by atoms with Crippen LogP contribution in [0.1, 0.15) is 31.9 Å². The fourth-order valence-electron chi connectivity index (χ4n) is 3.89. The monoisotopic (exact) mass is 471 g/mol. The predicted octanol–water partition coefficient (Wildman–Crippen LogP) is 3.65. The maximum Gasteiger partial charge on any atom is 0.410 e. The molecule has 1 N–H and O–H groups in total. The zero-order valence-electron chi connectivity index (χ0n) is 20.3. The number of piperazine rings is 1. The molecule has 8 heteroatoms. The van der Waals surface area contributed by atoms with Gasteiger partial charge in [-0.1, -0.05) is 24.3 Å². The van der Waals surface area contributed by atoms with E-state index in [1.54, 1.807) is 69.1 Å². The zero-order valence-corrected chi connectivity index (χ0v) is 20.3. The van der Waals surface area contributed by atoms with Crippen LogP contribution < -0.4 is 0 Å². The molecule has 34 heavy (non-hydrogen) atoms. The van der Waals surface area contributed by atoms with Gasteiger partial charge in [-0.2, -0.15) is 0 Å². The van der Waals surface area contributed by atoms with Crippen LogP contribution in [0.3, 0.4) is 0 Å². The van der Waals surface area contributed by atoms with Crippen molar-refractivity contribution >= 4 is 12.0 Å². The number of phenols is 1. The second-order valence-electron chi connectivity index (χ2n) is 9.71. The van der Waals surface area contributed by atoms with Crippen molar-refractivity contribution in [1.29, 1.82) is 0 Å². The zero-order chi connectivity index (χ0) is 24.9. The number of rotatable bonds is 6. The molecule has 2 amide bonds. The first-order valence-corrected chi connectivity index (χ1v) is 11.5. The summed E-state index contributed by atoms with van der Waals surface area (Å²) in [6.07, 6.45) is -0.246. The Hall–Kier alpha value is -3.13. The van der Waals surface area contributed by atoms with Gasteiger partial charge >= 0.3 is 6.09 Å². The predicted molar refractivity (Wildman–Crippen MR) is 128 cm³/mol. The van der Waals surface area contributed by atoms with E-state index in [4.69, 9.17) is 4.74 Å². The molecule has 1 heterocycles. The highest BCUT2D eigenvalue weighted by molar-refractivity contribution is 5.86. The van der Waals surface area contributed by atoms with E-state index in [9.17, 15) is 19.1 Å². The molecular weight excluding hydrogens is 437 g/mol. The largest absolute Gasteiger partial charge is 0.508 e. The van der Waals surface area contributed by atoms with Crippen LogP contribution in [-0.2, 0) is 22.5 Å². The van der Waals surface area contributed by atoms with Crippen LogP contribution in [0, 0.1) is 5.82 Å². The molecule has 1 fully saturated rings. The highest BCUT2D eigenvalue weighted by Crippen LogP contribution is 2.19. The first-order valence-electron chi connectivity index (χ1n) is 11.5. The van der Waals surface area contributed by atoms with Gasteiger partial charge in [0.1, 0.15) is 23.2 Å². The van der Waals surface area contributed by atoms with E-state index in [1.165, 1.54) is 17.0 Å². The van der Waals surface area contributed by atoms with Crippen LogP contribution in [0.2, 0.25) is 0 Å². The third kappa shape index (κ3) is 7.18. The molecular formula is C26H34FN3O4. The molecule has 184 valence electrons. The van der Waals surface area contributed by atoms with E-state index in [0.29, 0.717) is 39.1 Å². The van der Waals surface area contributed by atoms with Crippen molar-refractivity contribution < 1.29 is 23.8 Å². The van der Waals surface area contributed by atoms with Crippen molar-refractivity contribution in [3.63, 3.8) is 0 Å². The Morgan fingerprint density at radius 2 is 1.56 bits per heavy atom. The van der Waals surface area contributed by atoms with Gasteiger partial charge in [-0.3, -0.25) is 14.6 Å². The summed E-state index contributed by atoms with van der Waals surface area (Å²) in [6.45, 7) is 8.50. The summed E-state index contributed by atoms with van der Waals surface area (Å²) < 4.78 is 18.7. The molecule has 7 nitrogen and oxygen atoms in total. The van der Waals surface area contributed by atoms with Gasteiger partial charge in [0.05, 0.1) is 0 Å². The van der Waals surface area contributed by atoms with Gasteiger partial charge in [0.25, 0.3) is 0 Å². The van der Waals surface area contributed by atoms with E-state index >= 15 is 0 Å². The maximum atomic E-state index is 13.6. The van der Waals surface area contributed by atoms with Crippen molar-refractivity contribution in [2.24, 2.45) is 0 Å². The lowest BCUT2D eigenvalue weighted by molar-refractivity contribution is -0.138. The Morgan fingerprint density at radius 3 is 2.12 bits per heavy atom. The Kier molecular flexibility index (Phi) is 8.15. The fraction of sp³-hybridized carbons (Fsp3) is 0.462. The molecule has 0 bridgehead atoms. The Bertz CT molecular complexity index is 965. The molecule has 0 radical (unpaired) electrons. The van der Waals surface area contributed by atoms with Crippen LogP contribution in [0.15, 0.2) is 48.5 Å². The minimum absolute atomic E-state index is 0.136. The Labute approximate surface area is 200 Å². The van der Waals surface area contributed by atoms with Crippen LogP contribution in [0.25, 0.3) is 0 Å². The summed E-state index contributed by atoms with van der Waals surface area (Å²) in [6, 6.07) is 12.4. The molecule has 1 unspecified atom stereocenters. The van der Waals surface area contributed by atoms with Gasteiger partial charge in [0.2, 0.25) is 5.91 Å². The third-order valence-electron chi connectivity index (χ3n) is 5.80. The first-order chi connectivity index (χ1) is 16.0. The number of likely N-dealkylation sites (N-methyl/N-ethyl adjacent to an activating group) is 1. The molecule has 0 aliphatic carbocycles. The second-order valence-corrected chi connectivity index (χ2v) is 9.71. The van der Waals surface area contributed by atoms with Gasteiger partial charge in [-0.15, -0.1) is 0 Å². The summed E-state index contributed by atoms with van der Waals surface area (Å²) in [4.78, 5) is 31.7. The number of amides is 2. The number of carbonyl (C=O) groups excluding carboxylic acids is 2. The van der Waals surface area contributed by atoms with Gasteiger partial charge in [0, 0.05) is 46.2 Å². The number of carbonyl (C=O) groups is 2. The van der Waals surface area contributed by atoms with Crippen molar-refractivity contribution in [2.75, 3.05) is 33.2 Å². The normalized spacial score (nSPS) is 15.6. The second kappa shape index (κ2) is 10.9. The lowest BCUT2D eigenvalue weighted by Crippen LogP contribution is -2.56. The lowest BCUT2D eigenvalue weighted by atomic mass is 10.0. The number of ether oxygens (including phenoxy) is 1. The minimum atomic E-state index is -0.733. The lowest BCUT2D eigenvalue weighted by Gasteiger charge is -2.38. The molecule has 1 aliphatic rings. The van der Waals surface area contributed by atoms with Crippen LogP contribution in [0.5, 0.6) is 5.75 Å². The molecule has 2 aromatic carbocycles. The van der Waals surface area contributed by atoms with E-state index in [1.807, 2.05) is 0 Å². The standard InChI is InChI=1S/C26H34FN3O4/c1-26(2,3)34-25(33)28(4)23(17-19-7-11-22(31)12-8-19)24(32)30-15-13-29(14-16-30)18-20-5-9-21(27)10-6-20/h5-12,23,31H,13-18H2,1-4H3. The Morgan fingerprint density at radius 1 is 1.00 bits per heavy atom. The smallest absolute Gasteiger partial charge is 0.410 e. The molecule has 0 aromatic heterocycles. The molecule has 0 spiro atoms. The highest BCUT2D eigenvalue weighted by Gasteiger charge is 2.34. The molecule has 1 saturated heterocycles. The average Bonchev–Trinajstić information content (AvgIpc) is 2.79. The van der Waals surface area contributed by atoms with Gasteiger partial charge in [0.15, 0.2) is 0 Å². The van der Waals surface area contributed by atoms with Crippen LogP contribution in [-0.4, -0.2) is 76.7 Å². The molecule has 3 rings (SSSR count). The average molecular weight is 472 g/mol. The summed E-state index contributed by atoms with van der Waals surface area (Å²) in [5.74, 6) is -0.250. The maximum absolute atomic E-state index is 13.6. The van der Waals surface area contributed by atoms with Crippen molar-refractivity contribution in [3.8, 4) is 5.75 Å². The van der Waals surface area contributed by atoms with Gasteiger partial charge in [-0.05, 0) is 56.2 Å². The first kappa shape index (κ1) is 25.5. The Balaban J connectivity index is 1.68. The fourth-order valence-corrected chi connectivity index (χ4v) is 3.89. The summed E-state index contributed by atoms with van der Waals surface area (Å²) in [7, 11) is 1.59. The van der Waals surface area contributed by atoms with Crippen molar-refractivity contribution in [2.45, 2.75) is 45.4 Å². The van der Waals surface area contributed by atoms with Crippen molar-refractivity contribution in [1.82, 2.24) is 14.7 Å². The summed E-state index contributed by atoms with van der Waals surface area (Å²) >= 11 is 0. The van der Waals surface area contributed by atoms with Crippen LogP contribution >= 0.6 is 0 Å². The number of aromatic hydroxyl groups is 1. The highest BCUT2D eigenvalue weighted by atomic mass is 19.1. The summed E-state index contributed by atoms with van der Waals surface area (Å²) in [5.41, 5.74) is 1.18. The number of nitrogens with zero attached hydrogens (tertiary/aromatic N) is 3. The van der Waals surface area contributed by atoms with E-state index in [0.717, 1.165) is 11.1 Å². The van der Waals surface area contributed by atoms with E-state index in [-0.39, 0.29) is 17.5 Å². The minimum Gasteiger partial charge on any atom is -0.508 e. The van der Waals surface area contributed by atoms with Gasteiger partial charge in [-0.25, -0.2) is 9.18 Å². The molecule has 1 atom stereocenters. The molecule has 2 aromatic rings. The summed E-state index contributed by atoms with van der Waals surface area (Å²) in [5, 5.41) is 9.59. The number of benzene rings is 2. The number of hydrogen-bond acceptors (Lipinski definition) is 5. The number of hydrogen-bond donors (Lipinski definition) is 1. The third-order valence-corrected chi connectivity index (χ3v) is 5.80. The van der Waals surface area contributed by atoms with E-state index in [2.05, 4.69) is 4.90 Å². The van der Waals surface area contributed by atoms with E-state index < -0.39 is 17.7 Å². The van der Waals surface area contributed by atoms with Gasteiger partial charge < -0.3 is 14.7 Å². The number of phenolic OH excluding ortho intramolecular Hbond substituents is 1. The quantitative estimate of drug-likeness (QED) is 0.696. The topological polar surface area (TPSA) is 73.3 Å². The van der Waals surface area contributed by atoms with Crippen molar-refractivity contribution in [3.05, 3.63) is 65.5 Å². The molecule has 1 aliphatic heterocycles.